The van der Waals surface area contributed by atoms with Crippen LogP contribution in [0.2, 0.25) is 0 Å². The normalized spacial score (nSPS) is 14.6. The third-order valence-electron chi connectivity index (χ3n) is 3.32. The van der Waals surface area contributed by atoms with Gasteiger partial charge in [-0.15, -0.1) is 0 Å². The molecule has 2 unspecified atom stereocenters. The maximum atomic E-state index is 3.70. The minimum atomic E-state index is 0.471. The van der Waals surface area contributed by atoms with Crippen LogP contribution in [0.25, 0.3) is 0 Å². The van der Waals surface area contributed by atoms with Gasteiger partial charge in [0.25, 0.3) is 0 Å². The average Bonchev–Trinajstić information content (AvgIpc) is 2.40. The first kappa shape index (κ1) is 16.6. The van der Waals surface area contributed by atoms with Crippen molar-refractivity contribution in [3.63, 3.8) is 0 Å². The van der Waals surface area contributed by atoms with Gasteiger partial charge >= 0.3 is 0 Å². The maximum Gasteiger partial charge on any atom is 0.0437 e. The molecule has 1 nitrogen and oxygen atoms in total. The molecule has 1 N–H and O–H groups in total. The Morgan fingerprint density at radius 1 is 1.11 bits per heavy atom. The van der Waals surface area contributed by atoms with Gasteiger partial charge in [-0.1, -0.05) is 58.0 Å². The summed E-state index contributed by atoms with van der Waals surface area (Å²) >= 11 is 2.10. The SMILES string of the molecule is CCCNC(c1ccccc1)C(C)SCCC(C)C. The van der Waals surface area contributed by atoms with Crippen molar-refractivity contribution in [1.29, 1.82) is 0 Å². The number of nitrogens with one attached hydrogen (secondary N) is 1. The minimum absolute atomic E-state index is 0.471. The van der Waals surface area contributed by atoms with Crippen LogP contribution >= 0.6 is 11.8 Å². The molecule has 2 heteroatoms. The number of rotatable bonds is 9. The van der Waals surface area contributed by atoms with Crippen molar-refractivity contribution < 1.29 is 0 Å². The summed E-state index contributed by atoms with van der Waals surface area (Å²) in [6.07, 6.45) is 2.50. The lowest BCUT2D eigenvalue weighted by atomic mass is 10.0. The third-order valence-corrected chi connectivity index (χ3v) is 4.59. The van der Waals surface area contributed by atoms with E-state index >= 15 is 0 Å². The molecule has 0 radical (unpaired) electrons. The Bertz CT molecular complexity index is 323. The summed E-state index contributed by atoms with van der Waals surface area (Å²) in [5, 5.41) is 4.32. The van der Waals surface area contributed by atoms with Gasteiger partial charge in [-0.3, -0.25) is 0 Å². The predicted molar refractivity (Wildman–Crippen MR) is 88.9 cm³/mol. The Labute approximate surface area is 123 Å². The zero-order valence-corrected chi connectivity index (χ0v) is 13.7. The van der Waals surface area contributed by atoms with Crippen molar-refractivity contribution in [3.8, 4) is 0 Å². The van der Waals surface area contributed by atoms with Crippen molar-refractivity contribution in [2.75, 3.05) is 12.3 Å². The number of hydrogen-bond acceptors (Lipinski definition) is 2. The van der Waals surface area contributed by atoms with Crippen LogP contribution in [0.5, 0.6) is 0 Å². The second-order valence-electron chi connectivity index (χ2n) is 5.60. The number of benzene rings is 1. The summed E-state index contributed by atoms with van der Waals surface area (Å²) in [5.74, 6) is 2.06. The molecule has 19 heavy (non-hydrogen) atoms. The van der Waals surface area contributed by atoms with E-state index in [1.165, 1.54) is 24.2 Å². The molecule has 108 valence electrons. The quantitative estimate of drug-likeness (QED) is 0.690. The first-order chi connectivity index (χ1) is 9.15. The Hall–Kier alpha value is -0.470. The lowest BCUT2D eigenvalue weighted by Crippen LogP contribution is -2.29. The fraction of sp³-hybridized carbons (Fsp3) is 0.647. The van der Waals surface area contributed by atoms with E-state index in [0.717, 1.165) is 12.5 Å². The van der Waals surface area contributed by atoms with Gasteiger partial charge in [-0.05, 0) is 36.6 Å². The van der Waals surface area contributed by atoms with Crippen LogP contribution in [0.4, 0.5) is 0 Å². The highest BCUT2D eigenvalue weighted by molar-refractivity contribution is 7.99. The third kappa shape index (κ3) is 6.49. The lowest BCUT2D eigenvalue weighted by Gasteiger charge is -2.25. The highest BCUT2D eigenvalue weighted by Crippen LogP contribution is 2.27. The zero-order chi connectivity index (χ0) is 14.1. The molecule has 1 rings (SSSR count). The standard InChI is InChI=1S/C17H29NS/c1-5-12-18-17(16-9-7-6-8-10-16)15(4)19-13-11-14(2)3/h6-10,14-15,17-18H,5,11-13H2,1-4H3. The molecule has 0 spiro atoms. The van der Waals surface area contributed by atoms with E-state index in [4.69, 9.17) is 0 Å². The summed E-state index contributed by atoms with van der Waals surface area (Å²) < 4.78 is 0. The molecular weight excluding hydrogens is 250 g/mol. The van der Waals surface area contributed by atoms with Gasteiger partial charge < -0.3 is 5.32 Å². The Balaban J connectivity index is 2.57. The van der Waals surface area contributed by atoms with E-state index < -0.39 is 0 Å². The fourth-order valence-corrected chi connectivity index (χ4v) is 3.53. The van der Waals surface area contributed by atoms with E-state index in [2.05, 4.69) is 75.1 Å². The largest absolute Gasteiger partial charge is 0.309 e. The van der Waals surface area contributed by atoms with Crippen molar-refractivity contribution >= 4 is 11.8 Å². The van der Waals surface area contributed by atoms with Crippen LogP contribution in [0.3, 0.4) is 0 Å². The second kappa shape index (κ2) is 9.44. The molecule has 0 saturated heterocycles. The van der Waals surface area contributed by atoms with Crippen LogP contribution in [0.1, 0.15) is 52.1 Å². The van der Waals surface area contributed by atoms with Gasteiger partial charge in [-0.2, -0.15) is 11.8 Å². The molecule has 2 atom stereocenters. The van der Waals surface area contributed by atoms with Gasteiger partial charge in [0.15, 0.2) is 0 Å². The molecule has 0 heterocycles. The Morgan fingerprint density at radius 3 is 2.37 bits per heavy atom. The van der Waals surface area contributed by atoms with Gasteiger partial charge in [0.1, 0.15) is 0 Å². The predicted octanol–water partition coefficient (Wildman–Crippen LogP) is 4.90. The molecule has 0 aliphatic rings. The van der Waals surface area contributed by atoms with Crippen molar-refractivity contribution in [1.82, 2.24) is 5.32 Å². The van der Waals surface area contributed by atoms with Crippen LogP contribution in [0, 0.1) is 5.92 Å². The smallest absolute Gasteiger partial charge is 0.0437 e. The van der Waals surface area contributed by atoms with Gasteiger partial charge in [0.2, 0.25) is 0 Å². The maximum absolute atomic E-state index is 3.70. The Kier molecular flexibility index (Phi) is 8.24. The topological polar surface area (TPSA) is 12.0 Å². The van der Waals surface area contributed by atoms with E-state index in [1.807, 2.05) is 0 Å². The van der Waals surface area contributed by atoms with Gasteiger partial charge in [0.05, 0.1) is 0 Å². The Morgan fingerprint density at radius 2 is 1.79 bits per heavy atom. The number of hydrogen-bond donors (Lipinski definition) is 1. The zero-order valence-electron chi connectivity index (χ0n) is 12.9. The van der Waals surface area contributed by atoms with Crippen LogP contribution in [-0.4, -0.2) is 17.5 Å². The number of thioether (sulfide) groups is 1. The van der Waals surface area contributed by atoms with Crippen LogP contribution in [-0.2, 0) is 0 Å². The van der Waals surface area contributed by atoms with E-state index in [1.54, 1.807) is 0 Å². The molecule has 0 aliphatic carbocycles. The minimum Gasteiger partial charge on any atom is -0.309 e. The summed E-state index contributed by atoms with van der Waals surface area (Å²) in [6.45, 7) is 10.3. The molecule has 0 aliphatic heterocycles. The highest BCUT2D eigenvalue weighted by Gasteiger charge is 2.18. The van der Waals surface area contributed by atoms with E-state index in [-0.39, 0.29) is 0 Å². The molecule has 0 saturated carbocycles. The highest BCUT2D eigenvalue weighted by atomic mass is 32.2. The second-order valence-corrected chi connectivity index (χ2v) is 7.09. The van der Waals surface area contributed by atoms with Gasteiger partial charge in [0, 0.05) is 11.3 Å². The van der Waals surface area contributed by atoms with E-state index in [0.29, 0.717) is 11.3 Å². The van der Waals surface area contributed by atoms with Crippen molar-refractivity contribution in [3.05, 3.63) is 35.9 Å². The average molecular weight is 279 g/mol. The van der Waals surface area contributed by atoms with Crippen LogP contribution in [0.15, 0.2) is 30.3 Å². The van der Waals surface area contributed by atoms with E-state index in [9.17, 15) is 0 Å². The monoisotopic (exact) mass is 279 g/mol. The molecule has 1 aromatic rings. The first-order valence-electron chi connectivity index (χ1n) is 7.55. The first-order valence-corrected chi connectivity index (χ1v) is 8.60. The summed E-state index contributed by atoms with van der Waals surface area (Å²) in [6, 6.07) is 11.3. The molecule has 0 amide bonds. The van der Waals surface area contributed by atoms with Crippen molar-refractivity contribution in [2.45, 2.75) is 51.8 Å². The summed E-state index contributed by atoms with van der Waals surface area (Å²) in [5.41, 5.74) is 1.42. The lowest BCUT2D eigenvalue weighted by molar-refractivity contribution is 0.527. The molecular formula is C17H29NS. The van der Waals surface area contributed by atoms with Crippen LogP contribution < -0.4 is 5.32 Å². The molecule has 1 aromatic carbocycles. The molecule has 0 fully saturated rings. The summed E-state index contributed by atoms with van der Waals surface area (Å²) in [4.78, 5) is 0. The fourth-order valence-electron chi connectivity index (χ4n) is 2.10. The molecule has 0 bridgehead atoms. The molecule has 0 aromatic heterocycles. The van der Waals surface area contributed by atoms with Crippen molar-refractivity contribution in [2.24, 2.45) is 5.92 Å². The van der Waals surface area contributed by atoms with Gasteiger partial charge in [-0.25, -0.2) is 0 Å². The summed E-state index contributed by atoms with van der Waals surface area (Å²) in [7, 11) is 0.